The van der Waals surface area contributed by atoms with Crippen LogP contribution < -0.4 is 5.73 Å². The van der Waals surface area contributed by atoms with Crippen LogP contribution in [0.25, 0.3) is 0 Å². The average molecular weight is 268 g/mol. The number of nitrogens with two attached hydrogens (primary N) is 1. The Morgan fingerprint density at radius 2 is 1.71 bits per heavy atom. The van der Waals surface area contributed by atoms with Crippen molar-refractivity contribution in [3.63, 3.8) is 0 Å². The van der Waals surface area contributed by atoms with E-state index in [1.807, 2.05) is 0 Å². The van der Waals surface area contributed by atoms with Crippen LogP contribution in [0.2, 0.25) is 0 Å². The number of alkyl halides is 1. The van der Waals surface area contributed by atoms with Crippen molar-refractivity contribution in [2.75, 3.05) is 0 Å². The lowest BCUT2D eigenvalue weighted by atomic mass is 10.1. The molecule has 0 spiro atoms. The predicted molar refractivity (Wildman–Crippen MR) is 47.2 cm³/mol. The number of amides is 1. The van der Waals surface area contributed by atoms with Gasteiger partial charge < -0.3 is 5.73 Å². The molecule has 1 aromatic rings. The highest BCUT2D eigenvalue weighted by Crippen LogP contribution is 2.26. The van der Waals surface area contributed by atoms with E-state index < -0.39 is 28.2 Å². The van der Waals surface area contributed by atoms with Crippen LogP contribution in [0.3, 0.4) is 0 Å². The van der Waals surface area contributed by atoms with Gasteiger partial charge in [-0.3, -0.25) is 4.79 Å². The molecule has 1 amide bonds. The van der Waals surface area contributed by atoms with E-state index in [2.05, 4.69) is 15.9 Å². The van der Waals surface area contributed by atoms with E-state index in [0.29, 0.717) is 12.1 Å². The molecule has 0 radical (unpaired) electrons. The first-order valence-corrected chi connectivity index (χ1v) is 4.43. The van der Waals surface area contributed by atoms with Gasteiger partial charge >= 0.3 is 0 Å². The van der Waals surface area contributed by atoms with Crippen molar-refractivity contribution in [1.29, 1.82) is 0 Å². The average Bonchev–Trinajstić information content (AvgIpc) is 2.10. The van der Waals surface area contributed by atoms with Crippen LogP contribution in [0.4, 0.5) is 13.2 Å². The van der Waals surface area contributed by atoms with Gasteiger partial charge in [0.05, 0.1) is 0 Å². The molecule has 0 aliphatic carbocycles. The Bertz CT molecular complexity index is 383. The summed E-state index contributed by atoms with van der Waals surface area (Å²) in [5, 5.41) is 0. The Labute approximate surface area is 86.0 Å². The summed E-state index contributed by atoms with van der Waals surface area (Å²) < 4.78 is 38.1. The molecule has 0 bridgehead atoms. The number of hydrogen-bond donors (Lipinski definition) is 1. The lowest BCUT2D eigenvalue weighted by Crippen LogP contribution is -2.18. The fourth-order valence-corrected chi connectivity index (χ4v) is 1.24. The molecule has 0 saturated heterocycles. The fraction of sp³-hybridized carbons (Fsp3) is 0.125. The maximum Gasteiger partial charge on any atom is 0.235 e. The molecular weight excluding hydrogens is 263 g/mol. The summed E-state index contributed by atoms with van der Waals surface area (Å²) in [6.07, 6.45) is 0. The van der Waals surface area contributed by atoms with Gasteiger partial charge in [0.2, 0.25) is 5.91 Å². The number of halogens is 4. The fourth-order valence-electron chi connectivity index (χ4n) is 0.885. The molecule has 14 heavy (non-hydrogen) atoms. The van der Waals surface area contributed by atoms with Crippen molar-refractivity contribution in [2.45, 2.75) is 4.83 Å². The van der Waals surface area contributed by atoms with Crippen LogP contribution in [0.1, 0.15) is 10.4 Å². The molecule has 0 aliphatic rings. The molecule has 1 rings (SSSR count). The van der Waals surface area contributed by atoms with Crippen LogP contribution in [-0.2, 0) is 4.79 Å². The van der Waals surface area contributed by atoms with Crippen LogP contribution in [-0.4, -0.2) is 5.91 Å². The van der Waals surface area contributed by atoms with E-state index in [-0.39, 0.29) is 5.56 Å². The Kier molecular flexibility index (Phi) is 3.15. The second kappa shape index (κ2) is 4.00. The number of carbonyl (C=O) groups is 1. The van der Waals surface area contributed by atoms with Crippen molar-refractivity contribution in [2.24, 2.45) is 5.73 Å². The van der Waals surface area contributed by atoms with E-state index in [9.17, 15) is 18.0 Å². The van der Waals surface area contributed by atoms with Gasteiger partial charge in [-0.15, -0.1) is 0 Å². The van der Waals surface area contributed by atoms with Gasteiger partial charge in [-0.25, -0.2) is 13.2 Å². The Hall–Kier alpha value is -1.04. The van der Waals surface area contributed by atoms with E-state index in [1.54, 1.807) is 0 Å². The standard InChI is InChI=1S/C8H5BrF3NO/c9-7(8(13)14)3-1-5(11)6(12)2-4(3)10/h1-2,7H,(H2,13,14). The highest BCUT2D eigenvalue weighted by Gasteiger charge is 2.20. The second-order valence-electron chi connectivity index (χ2n) is 2.55. The van der Waals surface area contributed by atoms with Crippen molar-refractivity contribution < 1.29 is 18.0 Å². The summed E-state index contributed by atoms with van der Waals surface area (Å²) >= 11 is 2.76. The number of primary amides is 1. The quantitative estimate of drug-likeness (QED) is 0.647. The van der Waals surface area contributed by atoms with Crippen molar-refractivity contribution in [1.82, 2.24) is 0 Å². The highest BCUT2D eigenvalue weighted by atomic mass is 79.9. The molecule has 2 N–H and O–H groups in total. The first-order valence-electron chi connectivity index (χ1n) is 3.51. The van der Waals surface area contributed by atoms with Crippen LogP contribution in [0.5, 0.6) is 0 Å². The van der Waals surface area contributed by atoms with Gasteiger partial charge in [-0.05, 0) is 6.07 Å². The molecule has 0 fully saturated rings. The van der Waals surface area contributed by atoms with E-state index in [4.69, 9.17) is 5.73 Å². The summed E-state index contributed by atoms with van der Waals surface area (Å²) in [6, 6.07) is 0.955. The summed E-state index contributed by atoms with van der Waals surface area (Å²) in [5.74, 6) is -4.44. The number of carbonyl (C=O) groups excluding carboxylic acids is 1. The molecule has 1 aromatic carbocycles. The predicted octanol–water partition coefficient (Wildman–Crippen LogP) is 2.03. The highest BCUT2D eigenvalue weighted by molar-refractivity contribution is 9.09. The van der Waals surface area contributed by atoms with Gasteiger partial charge in [0.1, 0.15) is 10.6 Å². The first-order chi connectivity index (χ1) is 6.43. The smallest absolute Gasteiger partial charge is 0.235 e. The van der Waals surface area contributed by atoms with Crippen molar-refractivity contribution in [3.8, 4) is 0 Å². The lowest BCUT2D eigenvalue weighted by Gasteiger charge is -2.07. The summed E-state index contributed by atoms with van der Waals surface area (Å²) in [7, 11) is 0. The van der Waals surface area contributed by atoms with Gasteiger partial charge in [-0.1, -0.05) is 15.9 Å². The second-order valence-corrected chi connectivity index (χ2v) is 3.47. The molecule has 1 unspecified atom stereocenters. The maximum atomic E-state index is 13.0. The molecule has 0 saturated carbocycles. The Balaban J connectivity index is 3.22. The minimum Gasteiger partial charge on any atom is -0.368 e. The zero-order valence-corrected chi connectivity index (χ0v) is 8.32. The van der Waals surface area contributed by atoms with Crippen molar-refractivity contribution >= 4 is 21.8 Å². The molecule has 76 valence electrons. The molecular formula is C8H5BrF3NO. The molecule has 6 heteroatoms. The van der Waals surface area contributed by atoms with Crippen LogP contribution in [0.15, 0.2) is 12.1 Å². The molecule has 2 nitrogen and oxygen atoms in total. The van der Waals surface area contributed by atoms with E-state index in [0.717, 1.165) is 0 Å². The van der Waals surface area contributed by atoms with Crippen LogP contribution >= 0.6 is 15.9 Å². The van der Waals surface area contributed by atoms with Gasteiger partial charge in [0.25, 0.3) is 0 Å². The maximum absolute atomic E-state index is 13.0. The van der Waals surface area contributed by atoms with E-state index in [1.165, 1.54) is 0 Å². The first kappa shape index (κ1) is 11.0. The largest absolute Gasteiger partial charge is 0.368 e. The molecule has 1 atom stereocenters. The van der Waals surface area contributed by atoms with Gasteiger partial charge in [0, 0.05) is 11.6 Å². The third-order valence-corrected chi connectivity index (χ3v) is 2.51. The number of rotatable bonds is 2. The lowest BCUT2D eigenvalue weighted by molar-refractivity contribution is -0.117. The summed E-state index contributed by atoms with van der Waals surface area (Å²) in [6.45, 7) is 0. The summed E-state index contributed by atoms with van der Waals surface area (Å²) in [5.41, 5.74) is 4.53. The zero-order valence-electron chi connectivity index (χ0n) is 6.73. The number of hydrogen-bond acceptors (Lipinski definition) is 1. The van der Waals surface area contributed by atoms with Gasteiger partial charge in [-0.2, -0.15) is 0 Å². The third-order valence-electron chi connectivity index (χ3n) is 1.56. The van der Waals surface area contributed by atoms with Crippen LogP contribution in [0, 0.1) is 17.5 Å². The van der Waals surface area contributed by atoms with E-state index >= 15 is 0 Å². The molecule has 0 aliphatic heterocycles. The molecule has 0 heterocycles. The summed E-state index contributed by atoms with van der Waals surface area (Å²) in [4.78, 5) is 9.47. The minimum atomic E-state index is -1.31. The molecule has 0 aromatic heterocycles. The zero-order chi connectivity index (χ0) is 10.9. The topological polar surface area (TPSA) is 43.1 Å². The monoisotopic (exact) mass is 267 g/mol. The number of benzene rings is 1. The Morgan fingerprint density at radius 1 is 1.21 bits per heavy atom. The SMILES string of the molecule is NC(=O)C(Br)c1cc(F)c(F)cc1F. The third kappa shape index (κ3) is 2.06. The minimum absolute atomic E-state index is 0.323. The van der Waals surface area contributed by atoms with Gasteiger partial charge in [0.15, 0.2) is 11.6 Å². The Morgan fingerprint density at radius 3 is 2.21 bits per heavy atom. The normalized spacial score (nSPS) is 12.6. The van der Waals surface area contributed by atoms with Crippen molar-refractivity contribution in [3.05, 3.63) is 35.1 Å².